The van der Waals surface area contributed by atoms with Gasteiger partial charge in [0.2, 0.25) is 0 Å². The van der Waals surface area contributed by atoms with Gasteiger partial charge in [-0.1, -0.05) is 0 Å². The van der Waals surface area contributed by atoms with Gasteiger partial charge in [-0.15, -0.1) is 0 Å². The zero-order valence-corrected chi connectivity index (χ0v) is 19.9. The van der Waals surface area contributed by atoms with E-state index in [1.807, 2.05) is 0 Å². The summed E-state index contributed by atoms with van der Waals surface area (Å²) in [7, 11) is 0. The average Bonchev–Trinajstić information content (AvgIpc) is 3.36. The predicted octanol–water partition coefficient (Wildman–Crippen LogP) is 2.49. The second-order valence-electron chi connectivity index (χ2n) is 9.34. The Balaban J connectivity index is 1.70. The van der Waals surface area contributed by atoms with Crippen LogP contribution in [0.2, 0.25) is 0 Å². The number of nitrogens with zero attached hydrogens (tertiary/aromatic N) is 4. The van der Waals surface area contributed by atoms with Crippen molar-refractivity contribution in [3.05, 3.63) is 47.0 Å². The summed E-state index contributed by atoms with van der Waals surface area (Å²) in [5, 5.41) is 16.1. The molecule has 2 atom stereocenters. The van der Waals surface area contributed by atoms with E-state index in [0.717, 1.165) is 33.9 Å². The molecule has 0 unspecified atom stereocenters. The maximum atomic E-state index is 14.9. The first-order valence-corrected chi connectivity index (χ1v) is 11.1. The molecule has 9 nitrogen and oxygen atoms in total. The number of hydrogen-bond donors (Lipinski definition) is 3. The second-order valence-corrected chi connectivity index (χ2v) is 9.34. The molecular weight excluding hydrogens is 503 g/mol. The van der Waals surface area contributed by atoms with Crippen LogP contribution >= 0.6 is 0 Å². The van der Waals surface area contributed by atoms with Gasteiger partial charge in [-0.05, 0) is 44.5 Å². The number of carbonyl (C=O) groups is 2. The summed E-state index contributed by atoms with van der Waals surface area (Å²) in [4.78, 5) is 29.9. The van der Waals surface area contributed by atoms with Crippen LogP contribution in [0.4, 0.5) is 27.8 Å². The molecule has 3 aromatic rings. The number of benzene rings is 1. The van der Waals surface area contributed by atoms with Crippen LogP contribution in [-0.2, 0) is 11.0 Å². The van der Waals surface area contributed by atoms with Crippen LogP contribution in [0.15, 0.2) is 24.5 Å². The van der Waals surface area contributed by atoms with E-state index in [0.29, 0.717) is 0 Å². The number of alkyl halides is 4. The Morgan fingerprint density at radius 1 is 1.19 bits per heavy atom. The fourth-order valence-corrected chi connectivity index (χ4v) is 4.25. The second kappa shape index (κ2) is 8.94. The average molecular weight is 526 g/mol. The highest BCUT2D eigenvalue weighted by Crippen LogP contribution is 2.39. The zero-order valence-electron chi connectivity index (χ0n) is 19.9. The van der Waals surface area contributed by atoms with E-state index < -0.39 is 58.5 Å². The monoisotopic (exact) mass is 526 g/mol. The topological polar surface area (TPSA) is 126 Å². The fourth-order valence-electron chi connectivity index (χ4n) is 4.25. The van der Waals surface area contributed by atoms with E-state index in [4.69, 9.17) is 5.73 Å². The van der Waals surface area contributed by atoms with Crippen molar-refractivity contribution in [1.29, 1.82) is 0 Å². The third kappa shape index (κ3) is 4.80. The van der Waals surface area contributed by atoms with Gasteiger partial charge in [0.05, 0.1) is 23.8 Å². The zero-order chi connectivity index (χ0) is 27.4. The van der Waals surface area contributed by atoms with Gasteiger partial charge < -0.3 is 21.1 Å². The van der Waals surface area contributed by atoms with E-state index >= 15 is 0 Å². The Kier molecular flexibility index (Phi) is 6.34. The Morgan fingerprint density at radius 2 is 1.86 bits per heavy atom. The van der Waals surface area contributed by atoms with Crippen LogP contribution in [0.5, 0.6) is 0 Å². The lowest BCUT2D eigenvalue weighted by Gasteiger charge is -2.24. The molecule has 1 saturated heterocycles. The van der Waals surface area contributed by atoms with E-state index in [1.54, 1.807) is 0 Å². The number of aromatic nitrogens is 3. The molecule has 1 aliphatic heterocycles. The van der Waals surface area contributed by atoms with Crippen LogP contribution in [-0.4, -0.2) is 67.3 Å². The summed E-state index contributed by atoms with van der Waals surface area (Å²) in [6, 6.07) is 1.68. The SMILES string of the molecule is Cc1c(F)cc(-c2cc(C(F)(F)F)c3c(N)ncnn23)cc1C(=O)N[C@@H]1CN(C(=O)C(C)(C)O)C[C@@H]1F. The van der Waals surface area contributed by atoms with Gasteiger partial charge in [0.1, 0.15) is 29.4 Å². The van der Waals surface area contributed by atoms with Gasteiger partial charge in [0.25, 0.3) is 11.8 Å². The number of aliphatic hydroxyl groups is 1. The maximum absolute atomic E-state index is 14.9. The van der Waals surface area contributed by atoms with Crippen molar-refractivity contribution in [2.75, 3.05) is 18.8 Å². The lowest BCUT2D eigenvalue weighted by atomic mass is 10.0. The summed E-state index contributed by atoms with van der Waals surface area (Å²) in [5.74, 6) is -2.96. The molecule has 0 bridgehead atoms. The highest BCUT2D eigenvalue weighted by Gasteiger charge is 2.41. The molecule has 14 heteroatoms. The maximum Gasteiger partial charge on any atom is 0.418 e. The molecule has 4 rings (SSSR count). The number of rotatable bonds is 4. The Hall–Kier alpha value is -3.81. The van der Waals surface area contributed by atoms with Gasteiger partial charge in [-0.3, -0.25) is 9.59 Å². The quantitative estimate of drug-likeness (QED) is 0.449. The molecule has 3 heterocycles. The first-order valence-electron chi connectivity index (χ1n) is 11.1. The molecule has 2 aromatic heterocycles. The third-order valence-corrected chi connectivity index (χ3v) is 6.15. The molecule has 0 radical (unpaired) electrons. The number of nitrogen functional groups attached to an aromatic ring is 1. The number of anilines is 1. The van der Waals surface area contributed by atoms with Crippen molar-refractivity contribution >= 4 is 23.1 Å². The first-order chi connectivity index (χ1) is 17.1. The summed E-state index contributed by atoms with van der Waals surface area (Å²) >= 11 is 0. The number of halogens is 5. The van der Waals surface area contributed by atoms with Gasteiger partial charge in [-0.2, -0.15) is 18.3 Å². The van der Waals surface area contributed by atoms with Crippen molar-refractivity contribution in [2.45, 2.75) is 44.8 Å². The highest BCUT2D eigenvalue weighted by atomic mass is 19.4. The number of hydrogen-bond acceptors (Lipinski definition) is 6. The number of likely N-dealkylation sites (tertiary alicyclic amines) is 1. The predicted molar refractivity (Wildman–Crippen MR) is 122 cm³/mol. The van der Waals surface area contributed by atoms with Gasteiger partial charge in [-0.25, -0.2) is 18.3 Å². The molecule has 37 heavy (non-hydrogen) atoms. The first kappa shape index (κ1) is 26.3. The molecular formula is C23H23F5N6O3. The van der Waals surface area contributed by atoms with Crippen LogP contribution in [0, 0.1) is 12.7 Å². The number of amides is 2. The van der Waals surface area contributed by atoms with E-state index in [9.17, 15) is 36.6 Å². The van der Waals surface area contributed by atoms with Crippen LogP contribution < -0.4 is 11.1 Å². The molecule has 198 valence electrons. The highest BCUT2D eigenvalue weighted by molar-refractivity contribution is 5.97. The lowest BCUT2D eigenvalue weighted by molar-refractivity contribution is -0.146. The molecule has 0 saturated carbocycles. The Labute approximate surface area is 207 Å². The summed E-state index contributed by atoms with van der Waals surface area (Å²) < 4.78 is 71.3. The standard InChI is InChI=1S/C23H23F5N6O3/c1-10-12(20(35)32-16-8-33(7-15(16)25)21(36)22(2,3)37)4-11(5-14(10)24)17-6-13(23(26,27)28)18-19(29)30-9-31-34(17)18/h4-6,9,15-16,37H,7-8H2,1-3H3,(H,32,35)(H2,29,30,31)/t15-,16+/m0/s1. The number of nitrogens with one attached hydrogen (secondary N) is 1. The molecule has 4 N–H and O–H groups in total. The Morgan fingerprint density at radius 3 is 2.49 bits per heavy atom. The molecule has 1 fully saturated rings. The third-order valence-electron chi connectivity index (χ3n) is 6.15. The van der Waals surface area contributed by atoms with Crippen molar-refractivity contribution in [1.82, 2.24) is 24.8 Å². The Bertz CT molecular complexity index is 1400. The van der Waals surface area contributed by atoms with Crippen molar-refractivity contribution < 1.29 is 36.6 Å². The molecule has 1 aliphatic rings. The van der Waals surface area contributed by atoms with E-state index in [1.165, 1.54) is 20.8 Å². The minimum absolute atomic E-state index is 0.112. The van der Waals surface area contributed by atoms with Crippen LogP contribution in [0.25, 0.3) is 16.8 Å². The largest absolute Gasteiger partial charge is 0.418 e. The number of nitrogens with two attached hydrogens (primary N) is 1. The van der Waals surface area contributed by atoms with Gasteiger partial charge in [0, 0.05) is 17.7 Å². The van der Waals surface area contributed by atoms with Crippen LogP contribution in [0.1, 0.15) is 35.3 Å². The lowest BCUT2D eigenvalue weighted by Crippen LogP contribution is -2.46. The smallest absolute Gasteiger partial charge is 0.382 e. The molecule has 1 aromatic carbocycles. The van der Waals surface area contributed by atoms with E-state index in [2.05, 4.69) is 15.4 Å². The number of fused-ring (bicyclic) bond motifs is 1. The fraction of sp³-hybridized carbons (Fsp3) is 0.391. The minimum atomic E-state index is -4.82. The summed E-state index contributed by atoms with van der Waals surface area (Å²) in [6.45, 7) is 3.20. The summed E-state index contributed by atoms with van der Waals surface area (Å²) in [6.07, 6.45) is -5.55. The molecule has 0 spiro atoms. The van der Waals surface area contributed by atoms with Gasteiger partial charge >= 0.3 is 6.18 Å². The number of carbonyl (C=O) groups excluding carboxylic acids is 2. The molecule has 0 aliphatic carbocycles. The van der Waals surface area contributed by atoms with Crippen LogP contribution in [0.3, 0.4) is 0 Å². The normalized spacial score (nSPS) is 18.5. The minimum Gasteiger partial charge on any atom is -0.382 e. The van der Waals surface area contributed by atoms with Crippen molar-refractivity contribution in [3.8, 4) is 11.3 Å². The summed E-state index contributed by atoms with van der Waals surface area (Å²) in [5.41, 5.74) is 1.56. The van der Waals surface area contributed by atoms with Gasteiger partial charge in [0.15, 0.2) is 5.82 Å². The van der Waals surface area contributed by atoms with Crippen molar-refractivity contribution in [3.63, 3.8) is 0 Å². The van der Waals surface area contributed by atoms with Crippen molar-refractivity contribution in [2.24, 2.45) is 0 Å². The van der Waals surface area contributed by atoms with E-state index in [-0.39, 0.29) is 35.5 Å². The molecule has 2 amide bonds.